The fraction of sp³-hybridized carbons (Fsp3) is 0.684. The van der Waals surface area contributed by atoms with E-state index in [1.165, 1.54) is 0 Å². The number of hydrogen-bond acceptors (Lipinski definition) is 5. The highest BCUT2D eigenvalue weighted by Crippen LogP contribution is 2.44. The van der Waals surface area contributed by atoms with Crippen LogP contribution in [0, 0.1) is 18.7 Å². The molecule has 0 spiro atoms. The van der Waals surface area contributed by atoms with Gasteiger partial charge in [-0.25, -0.2) is 13.8 Å². The minimum absolute atomic E-state index is 0.189. The Morgan fingerprint density at radius 1 is 1.19 bits per heavy atom. The molecular weight excluding hydrogens is 336 g/mol. The predicted molar refractivity (Wildman–Crippen MR) is 100 cm³/mol. The third-order valence-electron chi connectivity index (χ3n) is 6.04. The van der Waals surface area contributed by atoms with Crippen LogP contribution < -0.4 is 21.4 Å². The van der Waals surface area contributed by atoms with Crippen LogP contribution in [0.2, 0.25) is 0 Å². The van der Waals surface area contributed by atoms with Crippen molar-refractivity contribution in [2.24, 2.45) is 17.5 Å². The summed E-state index contributed by atoms with van der Waals surface area (Å²) in [4.78, 5) is 4.12. The Bertz CT molecular complexity index is 713. The van der Waals surface area contributed by atoms with Gasteiger partial charge in [0.25, 0.3) is 0 Å². The van der Waals surface area contributed by atoms with E-state index < -0.39 is 11.7 Å². The molecule has 2 fully saturated rings. The van der Waals surface area contributed by atoms with Crippen molar-refractivity contribution < 1.29 is 8.78 Å². The minimum atomic E-state index is -1.05. The lowest BCUT2D eigenvalue weighted by molar-refractivity contribution is 0.208. The van der Waals surface area contributed by atoms with Gasteiger partial charge >= 0.3 is 0 Å². The quantitative estimate of drug-likeness (QED) is 0.805. The molecular formula is C19H29F2N5. The molecule has 144 valence electrons. The number of rotatable bonds is 3. The monoisotopic (exact) mass is 365 g/mol. The molecule has 0 unspecified atom stereocenters. The lowest BCUT2D eigenvalue weighted by Gasteiger charge is -2.39. The molecule has 2 aliphatic heterocycles. The zero-order valence-corrected chi connectivity index (χ0v) is 15.8. The average Bonchev–Trinajstić information content (AvgIpc) is 3.28. The summed E-state index contributed by atoms with van der Waals surface area (Å²) in [5.41, 5.74) is 8.93. The predicted octanol–water partition coefficient (Wildman–Crippen LogP) is 2.26. The van der Waals surface area contributed by atoms with E-state index in [1.54, 1.807) is 11.1 Å². The van der Waals surface area contributed by atoms with Gasteiger partial charge in [-0.1, -0.05) is 0 Å². The highest BCUT2D eigenvalue weighted by atomic mass is 19.1. The maximum atomic E-state index is 15.0. The summed E-state index contributed by atoms with van der Waals surface area (Å²) < 4.78 is 29.6. The van der Waals surface area contributed by atoms with Gasteiger partial charge in [-0.15, -0.1) is 0 Å². The van der Waals surface area contributed by atoms with Gasteiger partial charge in [0.2, 0.25) is 0 Å². The van der Waals surface area contributed by atoms with Gasteiger partial charge in [0.1, 0.15) is 12.0 Å². The van der Waals surface area contributed by atoms with E-state index in [0.717, 1.165) is 29.7 Å². The van der Waals surface area contributed by atoms with E-state index in [4.69, 9.17) is 11.6 Å². The number of benzene rings is 1. The molecule has 4 rings (SSSR count). The third-order valence-corrected chi connectivity index (χ3v) is 6.04. The molecule has 1 aromatic rings. The Balaban J connectivity index is 1.73. The van der Waals surface area contributed by atoms with Gasteiger partial charge in [0.05, 0.1) is 12.4 Å². The Morgan fingerprint density at radius 3 is 2.46 bits per heavy atom. The summed E-state index contributed by atoms with van der Waals surface area (Å²) in [5, 5.41) is 1.72. The van der Waals surface area contributed by atoms with Gasteiger partial charge in [0.15, 0.2) is 0 Å². The molecule has 7 heteroatoms. The first-order chi connectivity index (χ1) is 12.2. The molecule has 1 saturated heterocycles. The maximum absolute atomic E-state index is 15.0. The molecule has 0 bridgehead atoms. The first-order valence-corrected chi connectivity index (χ1v) is 9.43. The van der Waals surface area contributed by atoms with E-state index in [-0.39, 0.29) is 18.3 Å². The molecule has 26 heavy (non-hydrogen) atoms. The molecule has 3 aliphatic rings. The molecule has 0 radical (unpaired) electrons. The molecule has 4 N–H and O–H groups in total. The van der Waals surface area contributed by atoms with E-state index in [9.17, 15) is 4.39 Å². The smallest absolute Gasteiger partial charge is 0.147 e. The number of anilines is 2. The Hall–Kier alpha value is -1.44. The number of nitrogens with two attached hydrogens (primary N) is 2. The summed E-state index contributed by atoms with van der Waals surface area (Å²) in [6.07, 6.45) is 1.22. The summed E-state index contributed by atoms with van der Waals surface area (Å²) in [7, 11) is 0. The number of nitrogens with zero attached hydrogens (tertiary/aromatic N) is 3. The van der Waals surface area contributed by atoms with Gasteiger partial charge in [-0.2, -0.15) is 0 Å². The number of fused-ring (bicyclic) bond motifs is 1. The standard InChI is InChI=1S/C19H29F2N5/c1-11-17-12(7-25(23)10-26(17)13-4-5-13)6-15(20)18(11)24-8-14(16(21)9-24)19(2,3)22/h6,13-14,16H,4-5,7-10,22-23H2,1-3H3/t14-,16-/m0/s1. The first kappa shape index (κ1) is 17.9. The Labute approximate surface area is 153 Å². The van der Waals surface area contributed by atoms with Crippen LogP contribution in [0.15, 0.2) is 6.07 Å². The summed E-state index contributed by atoms with van der Waals surface area (Å²) in [5.74, 6) is 5.44. The van der Waals surface area contributed by atoms with E-state index in [2.05, 4.69) is 4.90 Å². The van der Waals surface area contributed by atoms with Crippen molar-refractivity contribution in [2.45, 2.75) is 57.9 Å². The van der Waals surface area contributed by atoms with Crippen molar-refractivity contribution >= 4 is 11.4 Å². The summed E-state index contributed by atoms with van der Waals surface area (Å²) in [6.45, 7) is 7.44. The SMILES string of the molecule is Cc1c(N2C[C@H](F)[C@@H](C(C)(C)N)C2)c(F)cc2c1N(C1CC1)CN(N)C2. The second kappa shape index (κ2) is 6.04. The van der Waals surface area contributed by atoms with Crippen LogP contribution in [0.5, 0.6) is 0 Å². The van der Waals surface area contributed by atoms with E-state index in [0.29, 0.717) is 31.5 Å². The van der Waals surface area contributed by atoms with Crippen molar-refractivity contribution in [3.63, 3.8) is 0 Å². The zero-order chi connectivity index (χ0) is 18.8. The minimum Gasteiger partial charge on any atom is -0.366 e. The van der Waals surface area contributed by atoms with Crippen LogP contribution in [0.25, 0.3) is 0 Å². The van der Waals surface area contributed by atoms with Crippen molar-refractivity contribution in [1.82, 2.24) is 5.01 Å². The fourth-order valence-corrected chi connectivity index (χ4v) is 4.60. The number of alkyl halides is 1. The number of hydrazine groups is 1. The Morgan fingerprint density at radius 2 is 1.88 bits per heavy atom. The first-order valence-electron chi connectivity index (χ1n) is 9.43. The molecule has 0 amide bonds. The van der Waals surface area contributed by atoms with Crippen LogP contribution in [0.4, 0.5) is 20.2 Å². The van der Waals surface area contributed by atoms with Crippen LogP contribution in [-0.2, 0) is 6.54 Å². The molecule has 1 saturated carbocycles. The van der Waals surface area contributed by atoms with Crippen LogP contribution in [0.3, 0.4) is 0 Å². The number of hydrogen-bond donors (Lipinski definition) is 2. The van der Waals surface area contributed by atoms with Crippen LogP contribution in [-0.4, -0.2) is 42.5 Å². The van der Waals surface area contributed by atoms with E-state index in [1.807, 2.05) is 25.7 Å². The fourth-order valence-electron chi connectivity index (χ4n) is 4.60. The van der Waals surface area contributed by atoms with Gasteiger partial charge in [0, 0.05) is 42.8 Å². The molecule has 1 aromatic carbocycles. The lowest BCUT2D eigenvalue weighted by Crippen LogP contribution is -2.47. The maximum Gasteiger partial charge on any atom is 0.147 e. The van der Waals surface area contributed by atoms with Crippen LogP contribution >= 0.6 is 0 Å². The second-order valence-corrected chi connectivity index (χ2v) is 8.78. The topological polar surface area (TPSA) is 61.8 Å². The second-order valence-electron chi connectivity index (χ2n) is 8.78. The van der Waals surface area contributed by atoms with Gasteiger partial charge < -0.3 is 15.5 Å². The summed E-state index contributed by atoms with van der Waals surface area (Å²) >= 11 is 0. The molecule has 0 aromatic heterocycles. The molecule has 2 heterocycles. The van der Waals surface area contributed by atoms with Crippen molar-refractivity contribution in [3.8, 4) is 0 Å². The number of halogens is 2. The van der Waals surface area contributed by atoms with Gasteiger partial charge in [-0.3, -0.25) is 5.84 Å². The van der Waals surface area contributed by atoms with Crippen molar-refractivity contribution in [3.05, 3.63) is 23.0 Å². The zero-order valence-electron chi connectivity index (χ0n) is 15.8. The Kier molecular flexibility index (Phi) is 4.17. The lowest BCUT2D eigenvalue weighted by atomic mass is 9.87. The summed E-state index contributed by atoms with van der Waals surface area (Å²) in [6, 6.07) is 2.06. The molecule has 1 aliphatic carbocycles. The van der Waals surface area contributed by atoms with Crippen LogP contribution in [0.1, 0.15) is 37.8 Å². The average molecular weight is 365 g/mol. The largest absolute Gasteiger partial charge is 0.366 e. The van der Waals surface area contributed by atoms with Crippen molar-refractivity contribution in [1.29, 1.82) is 0 Å². The third kappa shape index (κ3) is 2.96. The normalized spacial score (nSPS) is 27.2. The van der Waals surface area contributed by atoms with Crippen molar-refractivity contribution in [2.75, 3.05) is 29.6 Å². The highest BCUT2D eigenvalue weighted by Gasteiger charge is 2.43. The molecule has 2 atom stereocenters. The van der Waals surface area contributed by atoms with Gasteiger partial charge in [-0.05, 0) is 50.8 Å². The van der Waals surface area contributed by atoms with E-state index >= 15 is 4.39 Å². The highest BCUT2D eigenvalue weighted by molar-refractivity contribution is 5.73. The molecule has 5 nitrogen and oxygen atoms in total.